The molecule has 0 amide bonds. The summed E-state index contributed by atoms with van der Waals surface area (Å²) < 4.78 is 0. The van der Waals surface area contributed by atoms with Gasteiger partial charge in [-0.15, -0.1) is 0 Å². The van der Waals surface area contributed by atoms with Gasteiger partial charge in [0.15, 0.2) is 0 Å². The first-order chi connectivity index (χ1) is 14.7. The van der Waals surface area contributed by atoms with Crippen LogP contribution in [0.1, 0.15) is 98.8 Å². The highest BCUT2D eigenvalue weighted by Gasteiger charge is 2.59. The molecule has 0 unspecified atom stereocenters. The molecule has 0 aromatic carbocycles. The number of allylic oxidation sites excluding steroid dienone is 1. The van der Waals surface area contributed by atoms with E-state index in [1.54, 1.807) is 6.92 Å². The highest BCUT2D eigenvalue weighted by molar-refractivity contribution is 5.87. The van der Waals surface area contributed by atoms with Crippen molar-refractivity contribution < 1.29 is 24.6 Å². The molecule has 0 aliphatic heterocycles. The molecule has 0 aromatic heterocycles. The molecule has 4 saturated carbocycles. The quantitative estimate of drug-likeness (QED) is 0.576. The minimum absolute atomic E-state index is 0.0771. The summed E-state index contributed by atoms with van der Waals surface area (Å²) >= 11 is 0. The minimum Gasteiger partial charge on any atom is -0.389 e. The summed E-state index contributed by atoms with van der Waals surface area (Å²) in [7, 11) is 0. The van der Waals surface area contributed by atoms with Crippen molar-refractivity contribution in [1.29, 1.82) is 0 Å². The molecule has 2 N–H and O–H groups in total. The van der Waals surface area contributed by atoms with Gasteiger partial charge in [0.25, 0.3) is 0 Å². The molecule has 0 bridgehead atoms. The van der Waals surface area contributed by atoms with Crippen LogP contribution < -0.4 is 0 Å². The van der Waals surface area contributed by atoms with Gasteiger partial charge in [0, 0.05) is 37.5 Å². The molecule has 7 atom stereocenters. The van der Waals surface area contributed by atoms with Crippen molar-refractivity contribution in [2.45, 2.75) is 110 Å². The number of hydrogen-bond acceptors (Lipinski definition) is 5. The maximum absolute atomic E-state index is 11.9. The van der Waals surface area contributed by atoms with E-state index in [-0.39, 0.29) is 46.4 Å². The van der Waals surface area contributed by atoms with Crippen LogP contribution in [0, 0.1) is 28.6 Å². The molecule has 4 rings (SSSR count). The summed E-state index contributed by atoms with van der Waals surface area (Å²) in [5.41, 5.74) is -1.08. The molecular weight excluding hydrogens is 404 g/mol. The van der Waals surface area contributed by atoms with E-state index in [4.69, 9.17) is 0 Å². The fourth-order valence-electron chi connectivity index (χ4n) is 6.91. The number of carbonyl (C=O) groups is 3. The van der Waals surface area contributed by atoms with Gasteiger partial charge in [0.1, 0.15) is 17.3 Å². The van der Waals surface area contributed by atoms with Crippen molar-refractivity contribution in [2.75, 3.05) is 0 Å². The summed E-state index contributed by atoms with van der Waals surface area (Å²) in [4.78, 5) is 35.0. The maximum atomic E-state index is 11.9. The molecule has 32 heavy (non-hydrogen) atoms. The number of Topliss-reactive ketones (excluding diaryl/α,β-unsaturated/α-hetero) is 3. The van der Waals surface area contributed by atoms with Crippen molar-refractivity contribution in [2.24, 2.45) is 28.6 Å². The fourth-order valence-corrected chi connectivity index (χ4v) is 6.91. The number of aliphatic hydroxyl groups is 2. The lowest BCUT2D eigenvalue weighted by molar-refractivity contribution is -0.181. The third-order valence-corrected chi connectivity index (χ3v) is 10.1. The number of rotatable bonds is 1. The SMILES string of the molecule is C=C(C)[C@@H]1CC[C@]2(C)CCC(=O)[C@H](C)[C@]2(O)C1.C[C@H]1C(=O)CC[C@@]2(C)CCC(=O)C[C@@]12O. The van der Waals surface area contributed by atoms with Gasteiger partial charge in [-0.25, -0.2) is 0 Å². The van der Waals surface area contributed by atoms with Gasteiger partial charge in [-0.1, -0.05) is 39.8 Å². The zero-order valence-electron chi connectivity index (χ0n) is 20.6. The van der Waals surface area contributed by atoms with Crippen LogP contribution in [-0.2, 0) is 14.4 Å². The Kier molecular flexibility index (Phi) is 6.69. The fraction of sp³-hybridized carbons (Fsp3) is 0.815. The first-order valence-electron chi connectivity index (χ1n) is 12.4. The monoisotopic (exact) mass is 446 g/mol. The van der Waals surface area contributed by atoms with Crippen LogP contribution in [0.4, 0.5) is 0 Å². The average Bonchev–Trinajstić information content (AvgIpc) is 2.73. The van der Waals surface area contributed by atoms with E-state index in [2.05, 4.69) is 13.5 Å². The molecule has 4 aliphatic carbocycles. The van der Waals surface area contributed by atoms with Crippen molar-refractivity contribution in [3.8, 4) is 0 Å². The lowest BCUT2D eigenvalue weighted by Gasteiger charge is -2.56. The van der Waals surface area contributed by atoms with Crippen LogP contribution >= 0.6 is 0 Å². The van der Waals surface area contributed by atoms with Crippen LogP contribution in [0.25, 0.3) is 0 Å². The summed E-state index contributed by atoms with van der Waals surface area (Å²) in [6, 6.07) is 0. The molecule has 5 heteroatoms. The molecule has 0 aromatic rings. The van der Waals surface area contributed by atoms with Crippen molar-refractivity contribution >= 4 is 17.3 Å². The Morgan fingerprint density at radius 1 is 0.844 bits per heavy atom. The molecule has 4 fully saturated rings. The van der Waals surface area contributed by atoms with Gasteiger partial charge in [-0.05, 0) is 62.2 Å². The molecule has 0 saturated heterocycles. The minimum atomic E-state index is -1.09. The summed E-state index contributed by atoms with van der Waals surface area (Å²) in [5, 5.41) is 21.7. The van der Waals surface area contributed by atoms with Crippen molar-refractivity contribution in [1.82, 2.24) is 0 Å². The summed E-state index contributed by atoms with van der Waals surface area (Å²) in [5.74, 6) is 0.193. The third-order valence-electron chi connectivity index (χ3n) is 10.1. The Morgan fingerprint density at radius 3 is 1.84 bits per heavy atom. The van der Waals surface area contributed by atoms with Gasteiger partial charge in [-0.2, -0.15) is 0 Å². The Hall–Kier alpha value is -1.33. The second-order valence-electron chi connectivity index (χ2n) is 11.8. The van der Waals surface area contributed by atoms with E-state index in [0.29, 0.717) is 31.6 Å². The van der Waals surface area contributed by atoms with Crippen molar-refractivity contribution in [3.63, 3.8) is 0 Å². The van der Waals surface area contributed by atoms with Crippen LogP contribution in [0.2, 0.25) is 0 Å². The van der Waals surface area contributed by atoms with Crippen LogP contribution in [0.3, 0.4) is 0 Å². The third kappa shape index (κ3) is 3.94. The summed E-state index contributed by atoms with van der Waals surface area (Å²) in [6.07, 6.45) is 7.02. The van der Waals surface area contributed by atoms with Gasteiger partial charge in [0.2, 0.25) is 0 Å². The summed E-state index contributed by atoms with van der Waals surface area (Å²) in [6.45, 7) is 13.9. The molecular formula is C27H42O5. The van der Waals surface area contributed by atoms with E-state index in [1.807, 2.05) is 20.8 Å². The first-order valence-corrected chi connectivity index (χ1v) is 12.4. The predicted octanol–water partition coefficient (Wildman–Crippen LogP) is 4.57. The zero-order valence-corrected chi connectivity index (χ0v) is 20.6. The first kappa shape index (κ1) is 25.3. The Balaban J connectivity index is 0.000000182. The highest BCUT2D eigenvalue weighted by atomic mass is 16.3. The smallest absolute Gasteiger partial charge is 0.138 e. The van der Waals surface area contributed by atoms with Crippen LogP contribution in [0.15, 0.2) is 12.2 Å². The topological polar surface area (TPSA) is 91.7 Å². The lowest BCUT2D eigenvalue weighted by Crippen LogP contribution is -2.60. The Morgan fingerprint density at radius 2 is 1.31 bits per heavy atom. The number of fused-ring (bicyclic) bond motifs is 2. The normalized spacial score (nSPS) is 46.5. The van der Waals surface area contributed by atoms with Gasteiger partial charge in [-0.3, -0.25) is 14.4 Å². The van der Waals surface area contributed by atoms with Crippen LogP contribution in [0.5, 0.6) is 0 Å². The molecule has 180 valence electrons. The molecule has 4 aliphatic rings. The van der Waals surface area contributed by atoms with Gasteiger partial charge >= 0.3 is 0 Å². The Labute approximate surface area is 193 Å². The number of ketones is 3. The van der Waals surface area contributed by atoms with Gasteiger partial charge < -0.3 is 10.2 Å². The highest BCUT2D eigenvalue weighted by Crippen LogP contribution is 2.56. The van der Waals surface area contributed by atoms with Crippen LogP contribution in [-0.4, -0.2) is 38.8 Å². The number of carbonyl (C=O) groups excluding carboxylic acids is 3. The Bertz CT molecular complexity index is 813. The van der Waals surface area contributed by atoms with Crippen molar-refractivity contribution in [3.05, 3.63) is 12.2 Å². The van der Waals surface area contributed by atoms with E-state index >= 15 is 0 Å². The molecule has 5 nitrogen and oxygen atoms in total. The second-order valence-corrected chi connectivity index (χ2v) is 11.8. The van der Waals surface area contributed by atoms with Gasteiger partial charge in [0.05, 0.1) is 11.2 Å². The lowest BCUT2D eigenvalue weighted by atomic mass is 9.51. The van der Waals surface area contributed by atoms with E-state index < -0.39 is 11.2 Å². The average molecular weight is 447 g/mol. The molecule has 0 spiro atoms. The van der Waals surface area contributed by atoms with E-state index in [0.717, 1.165) is 37.7 Å². The standard InChI is InChI=1S/C15H24O2.C12H18O3/c1-10(2)12-5-7-14(4)8-6-13(16)11(3)15(14,17)9-12;1-8-10(14)4-6-11(2)5-3-9(13)7-12(8,11)15/h11-12,17H,1,5-9H2,2-4H3;8,15H,3-7H2,1-2H3/t11-,12+,14+,15+;8-,11+,12+/m00/s1. The van der Waals surface area contributed by atoms with E-state index in [9.17, 15) is 24.6 Å². The van der Waals surface area contributed by atoms with E-state index in [1.165, 1.54) is 0 Å². The maximum Gasteiger partial charge on any atom is 0.138 e. The molecule has 0 radical (unpaired) electrons. The number of hydrogen-bond donors (Lipinski definition) is 2. The predicted molar refractivity (Wildman–Crippen MR) is 124 cm³/mol. The second kappa shape index (κ2) is 8.47. The molecule has 0 heterocycles. The largest absolute Gasteiger partial charge is 0.389 e. The zero-order chi connectivity index (χ0) is 24.1.